The van der Waals surface area contributed by atoms with Crippen LogP contribution in [0.1, 0.15) is 46.4 Å². The smallest absolute Gasteiger partial charge is 0.404 e. The molecule has 1 aliphatic carbocycles. The molecule has 0 saturated heterocycles. The molecule has 7 heteroatoms. The number of hydrogen-bond donors (Lipinski definition) is 2. The number of nitrogens with one attached hydrogen (secondary N) is 1. The quantitative estimate of drug-likeness (QED) is 0.830. The molecule has 3 rings (SSSR count). The van der Waals surface area contributed by atoms with Gasteiger partial charge in [-0.1, -0.05) is 12.1 Å². The second-order valence-electron chi connectivity index (χ2n) is 5.48. The summed E-state index contributed by atoms with van der Waals surface area (Å²) in [7, 11) is 0. The Labute approximate surface area is 126 Å². The Morgan fingerprint density at radius 2 is 1.64 bits per heavy atom. The molecule has 0 bridgehead atoms. The molecule has 0 radical (unpaired) electrons. The number of amides is 3. The van der Waals surface area contributed by atoms with E-state index >= 15 is 0 Å². The average Bonchev–Trinajstić information content (AvgIpc) is 2.74. The Balaban J connectivity index is 1.61. The van der Waals surface area contributed by atoms with Gasteiger partial charge >= 0.3 is 6.09 Å². The normalized spacial score (nSPS) is 24.3. The summed E-state index contributed by atoms with van der Waals surface area (Å²) in [6.45, 7) is 0. The molecule has 2 N–H and O–H groups in total. The molecule has 22 heavy (non-hydrogen) atoms. The Bertz CT molecular complexity index is 587. The zero-order valence-electron chi connectivity index (χ0n) is 11.8. The lowest BCUT2D eigenvalue weighted by Gasteiger charge is -2.29. The summed E-state index contributed by atoms with van der Waals surface area (Å²) in [6.07, 6.45) is 1.15. The van der Waals surface area contributed by atoms with Gasteiger partial charge in [0, 0.05) is 6.04 Å². The lowest BCUT2D eigenvalue weighted by atomic mass is 9.93. The van der Waals surface area contributed by atoms with Gasteiger partial charge in [-0.15, -0.1) is 5.06 Å². The fourth-order valence-corrected chi connectivity index (χ4v) is 2.90. The summed E-state index contributed by atoms with van der Waals surface area (Å²) in [5.74, 6) is -0.877. The highest BCUT2D eigenvalue weighted by Gasteiger charge is 2.38. The van der Waals surface area contributed by atoms with Gasteiger partial charge in [0.1, 0.15) is 0 Å². The number of carboxylic acid groups (broad SMARTS) is 1. The third kappa shape index (κ3) is 2.67. The second-order valence-corrected chi connectivity index (χ2v) is 5.48. The maximum absolute atomic E-state index is 12.2. The van der Waals surface area contributed by atoms with Crippen LogP contribution in [0.25, 0.3) is 0 Å². The van der Waals surface area contributed by atoms with E-state index in [0.717, 1.165) is 5.06 Å². The largest absolute Gasteiger partial charge is 0.465 e. The van der Waals surface area contributed by atoms with Crippen LogP contribution in [0.4, 0.5) is 4.79 Å². The van der Waals surface area contributed by atoms with E-state index in [-0.39, 0.29) is 12.1 Å². The summed E-state index contributed by atoms with van der Waals surface area (Å²) in [5, 5.41) is 12.0. The predicted octanol–water partition coefficient (Wildman–Crippen LogP) is 1.79. The molecule has 2 aliphatic rings. The number of nitrogens with zero attached hydrogens (tertiary/aromatic N) is 1. The monoisotopic (exact) mass is 304 g/mol. The highest BCUT2D eigenvalue weighted by atomic mass is 16.7. The van der Waals surface area contributed by atoms with E-state index in [1.54, 1.807) is 24.3 Å². The molecule has 116 valence electrons. The van der Waals surface area contributed by atoms with Crippen molar-refractivity contribution in [1.29, 1.82) is 0 Å². The van der Waals surface area contributed by atoms with Gasteiger partial charge in [0.2, 0.25) is 0 Å². The first kappa shape index (κ1) is 14.5. The number of hydrogen-bond acceptors (Lipinski definition) is 4. The van der Waals surface area contributed by atoms with Gasteiger partial charge < -0.3 is 10.4 Å². The van der Waals surface area contributed by atoms with E-state index in [1.165, 1.54) is 0 Å². The molecule has 1 aliphatic heterocycles. The highest BCUT2D eigenvalue weighted by molar-refractivity contribution is 6.20. The van der Waals surface area contributed by atoms with Crippen LogP contribution in [0.2, 0.25) is 0 Å². The molecule has 1 saturated carbocycles. The van der Waals surface area contributed by atoms with Gasteiger partial charge in [0.05, 0.1) is 17.2 Å². The molecule has 1 aromatic rings. The topological polar surface area (TPSA) is 95.9 Å². The van der Waals surface area contributed by atoms with Crippen molar-refractivity contribution in [3.63, 3.8) is 0 Å². The number of carbonyl (C=O) groups is 3. The van der Waals surface area contributed by atoms with E-state index in [4.69, 9.17) is 9.94 Å². The van der Waals surface area contributed by atoms with Gasteiger partial charge in [-0.3, -0.25) is 14.4 Å². The lowest BCUT2D eigenvalue weighted by Crippen LogP contribution is -2.41. The van der Waals surface area contributed by atoms with Crippen LogP contribution in [-0.4, -0.2) is 40.2 Å². The first-order valence-electron chi connectivity index (χ1n) is 7.20. The van der Waals surface area contributed by atoms with E-state index < -0.39 is 17.9 Å². The highest BCUT2D eigenvalue weighted by Crippen LogP contribution is 2.27. The zero-order chi connectivity index (χ0) is 15.7. The third-order valence-electron chi connectivity index (χ3n) is 4.01. The minimum absolute atomic E-state index is 0.0977. The van der Waals surface area contributed by atoms with Crippen molar-refractivity contribution in [3.8, 4) is 0 Å². The van der Waals surface area contributed by atoms with Crippen molar-refractivity contribution in [2.75, 3.05) is 0 Å². The minimum Gasteiger partial charge on any atom is -0.465 e. The van der Waals surface area contributed by atoms with Crippen LogP contribution in [-0.2, 0) is 4.84 Å². The third-order valence-corrected chi connectivity index (χ3v) is 4.01. The van der Waals surface area contributed by atoms with Crippen molar-refractivity contribution in [3.05, 3.63) is 35.4 Å². The summed E-state index contributed by atoms with van der Waals surface area (Å²) >= 11 is 0. The first-order chi connectivity index (χ1) is 10.6. The van der Waals surface area contributed by atoms with Gasteiger partial charge in [-0.2, -0.15) is 0 Å². The van der Waals surface area contributed by atoms with Crippen LogP contribution in [0, 0.1) is 0 Å². The van der Waals surface area contributed by atoms with Gasteiger partial charge in [-0.05, 0) is 37.8 Å². The van der Waals surface area contributed by atoms with Crippen LogP contribution >= 0.6 is 0 Å². The number of imide groups is 1. The van der Waals surface area contributed by atoms with E-state index in [0.29, 0.717) is 36.8 Å². The summed E-state index contributed by atoms with van der Waals surface area (Å²) < 4.78 is 0. The first-order valence-corrected chi connectivity index (χ1v) is 7.20. The number of hydroxylamine groups is 2. The average molecular weight is 304 g/mol. The molecule has 1 heterocycles. The summed E-state index contributed by atoms with van der Waals surface area (Å²) in [5.41, 5.74) is 0.711. The fourth-order valence-electron chi connectivity index (χ4n) is 2.90. The van der Waals surface area contributed by atoms with Gasteiger partial charge in [0.25, 0.3) is 11.8 Å². The maximum Gasteiger partial charge on any atom is 0.404 e. The van der Waals surface area contributed by atoms with E-state index in [2.05, 4.69) is 5.32 Å². The molecule has 0 unspecified atom stereocenters. The molecule has 1 aromatic carbocycles. The van der Waals surface area contributed by atoms with Crippen molar-refractivity contribution >= 4 is 17.9 Å². The molecule has 0 aromatic heterocycles. The zero-order valence-corrected chi connectivity index (χ0v) is 11.8. The Hall–Kier alpha value is -2.41. The number of benzene rings is 1. The fraction of sp³-hybridized carbons (Fsp3) is 0.400. The second kappa shape index (κ2) is 5.76. The van der Waals surface area contributed by atoms with Crippen LogP contribution in [0.3, 0.4) is 0 Å². The summed E-state index contributed by atoms with van der Waals surface area (Å²) in [4.78, 5) is 40.5. The van der Waals surface area contributed by atoms with Crippen molar-refractivity contribution in [1.82, 2.24) is 10.4 Å². The Kier molecular flexibility index (Phi) is 3.81. The molecule has 7 nitrogen and oxygen atoms in total. The maximum atomic E-state index is 12.2. The minimum atomic E-state index is -1.04. The van der Waals surface area contributed by atoms with Gasteiger partial charge in [0.15, 0.2) is 0 Å². The standard InChI is InChI=1S/C15H16N2O5/c18-13-11-3-1-2-4-12(11)14(19)17(13)22-10-7-5-9(6-8-10)16-15(20)21/h1-4,9-10,16H,5-8H2,(H,20,21)/t9-,10-. The van der Waals surface area contributed by atoms with Crippen LogP contribution in [0.15, 0.2) is 24.3 Å². The lowest BCUT2D eigenvalue weighted by molar-refractivity contribution is -0.142. The molecule has 3 amide bonds. The van der Waals surface area contributed by atoms with Crippen molar-refractivity contribution in [2.24, 2.45) is 0 Å². The predicted molar refractivity (Wildman–Crippen MR) is 75.2 cm³/mol. The van der Waals surface area contributed by atoms with Gasteiger partial charge in [-0.25, -0.2) is 4.79 Å². The molecule has 1 fully saturated rings. The number of fused-ring (bicyclic) bond motifs is 1. The summed E-state index contributed by atoms with van der Waals surface area (Å²) in [6, 6.07) is 6.52. The van der Waals surface area contributed by atoms with Crippen LogP contribution in [0.5, 0.6) is 0 Å². The van der Waals surface area contributed by atoms with E-state index in [1.807, 2.05) is 0 Å². The molecule has 0 atom stereocenters. The van der Waals surface area contributed by atoms with Crippen molar-refractivity contribution in [2.45, 2.75) is 37.8 Å². The van der Waals surface area contributed by atoms with Crippen LogP contribution < -0.4 is 5.32 Å². The Morgan fingerprint density at radius 3 is 2.14 bits per heavy atom. The molecule has 0 spiro atoms. The molecular weight excluding hydrogens is 288 g/mol. The Morgan fingerprint density at radius 1 is 1.09 bits per heavy atom. The number of rotatable bonds is 3. The van der Waals surface area contributed by atoms with E-state index in [9.17, 15) is 14.4 Å². The van der Waals surface area contributed by atoms with Crippen molar-refractivity contribution < 1.29 is 24.3 Å². The SMILES string of the molecule is O=C(O)N[C@H]1CC[C@H](ON2C(=O)c3ccccc3C2=O)CC1. The molecular formula is C15H16N2O5. The number of carbonyl (C=O) groups excluding carboxylic acids is 2.